The lowest BCUT2D eigenvalue weighted by Crippen LogP contribution is -2.49. The summed E-state index contributed by atoms with van der Waals surface area (Å²) < 4.78 is 1.18. The van der Waals surface area contributed by atoms with Crippen LogP contribution in [0.4, 0.5) is 11.1 Å². The molecule has 1 aliphatic rings. The zero-order chi connectivity index (χ0) is 19.0. The van der Waals surface area contributed by atoms with E-state index in [1.54, 1.807) is 17.4 Å². The zero-order valence-corrected chi connectivity index (χ0v) is 16.2. The van der Waals surface area contributed by atoms with Crippen LogP contribution in [-0.2, 0) is 0 Å². The normalized spacial score (nSPS) is 14.9. The third-order valence-electron chi connectivity index (χ3n) is 4.69. The molecule has 0 unspecified atom stereocenters. The van der Waals surface area contributed by atoms with Crippen molar-refractivity contribution < 1.29 is 4.79 Å². The number of benzene rings is 1. The van der Waals surface area contributed by atoms with Gasteiger partial charge < -0.3 is 15.5 Å². The van der Waals surface area contributed by atoms with Crippen LogP contribution in [0.25, 0.3) is 10.2 Å². The minimum Gasteiger partial charge on any atom is -0.368 e. The summed E-state index contributed by atoms with van der Waals surface area (Å²) in [4.78, 5) is 30.0. The molecule has 1 fully saturated rings. The molecule has 0 bridgehead atoms. The van der Waals surface area contributed by atoms with Crippen molar-refractivity contribution in [3.8, 4) is 0 Å². The van der Waals surface area contributed by atoms with Crippen molar-refractivity contribution >= 4 is 38.5 Å². The molecule has 3 aromatic rings. The second-order valence-electron chi connectivity index (χ2n) is 6.93. The van der Waals surface area contributed by atoms with E-state index >= 15 is 0 Å². The number of carbonyl (C=O) groups is 1. The Balaban J connectivity index is 1.46. The fourth-order valence-corrected chi connectivity index (χ4v) is 4.17. The molecule has 0 aliphatic carbocycles. The van der Waals surface area contributed by atoms with Crippen molar-refractivity contribution in [3.05, 3.63) is 41.7 Å². The molecule has 27 heavy (non-hydrogen) atoms. The predicted octanol–water partition coefficient (Wildman–Crippen LogP) is 2.75. The Bertz CT molecular complexity index is 944. The predicted molar refractivity (Wildman–Crippen MR) is 108 cm³/mol. The molecule has 3 heterocycles. The van der Waals surface area contributed by atoms with E-state index in [1.807, 2.05) is 36.9 Å². The summed E-state index contributed by atoms with van der Waals surface area (Å²) in [6.45, 7) is 6.82. The van der Waals surface area contributed by atoms with Gasteiger partial charge in [-0.1, -0.05) is 37.3 Å². The molecule has 7 nitrogen and oxygen atoms in total. The van der Waals surface area contributed by atoms with Gasteiger partial charge in [-0.2, -0.15) is 0 Å². The number of hydrogen-bond donors (Lipinski definition) is 1. The van der Waals surface area contributed by atoms with E-state index in [-0.39, 0.29) is 17.8 Å². The Morgan fingerprint density at radius 1 is 1.11 bits per heavy atom. The Hall–Kier alpha value is -2.74. The van der Waals surface area contributed by atoms with Gasteiger partial charge in [-0.3, -0.25) is 4.79 Å². The first kappa shape index (κ1) is 17.7. The summed E-state index contributed by atoms with van der Waals surface area (Å²) in [5, 5.41) is 1.01. The number of rotatable bonds is 3. The number of nitrogens with two attached hydrogens (primary N) is 1. The minimum atomic E-state index is -0.0880. The molecule has 0 saturated carbocycles. The van der Waals surface area contributed by atoms with Crippen LogP contribution in [0.15, 0.2) is 30.3 Å². The van der Waals surface area contributed by atoms with Crippen LogP contribution in [0.3, 0.4) is 0 Å². The lowest BCUT2D eigenvalue weighted by atomic mass is 10.1. The number of hydrogen-bond acceptors (Lipinski definition) is 7. The molecule has 2 N–H and O–H groups in total. The van der Waals surface area contributed by atoms with Crippen molar-refractivity contribution in [2.24, 2.45) is 0 Å². The van der Waals surface area contributed by atoms with Crippen molar-refractivity contribution in [2.75, 3.05) is 36.8 Å². The molecular weight excluding hydrogens is 360 g/mol. The fourth-order valence-electron chi connectivity index (χ4n) is 3.15. The first-order valence-corrected chi connectivity index (χ1v) is 9.87. The highest BCUT2D eigenvalue weighted by Crippen LogP contribution is 2.29. The van der Waals surface area contributed by atoms with E-state index in [4.69, 9.17) is 10.7 Å². The Morgan fingerprint density at radius 2 is 1.85 bits per heavy atom. The van der Waals surface area contributed by atoms with Crippen LogP contribution in [0.2, 0.25) is 0 Å². The van der Waals surface area contributed by atoms with Gasteiger partial charge in [0, 0.05) is 31.9 Å². The van der Waals surface area contributed by atoms with E-state index < -0.39 is 0 Å². The largest absolute Gasteiger partial charge is 0.368 e. The van der Waals surface area contributed by atoms with Crippen LogP contribution < -0.4 is 10.6 Å². The molecular formula is C19H22N6OS. The lowest BCUT2D eigenvalue weighted by Gasteiger charge is -2.34. The topological polar surface area (TPSA) is 88.2 Å². The smallest absolute Gasteiger partial charge is 0.272 e. The molecule has 1 saturated heterocycles. The molecule has 0 atom stereocenters. The maximum Gasteiger partial charge on any atom is 0.272 e. The summed E-state index contributed by atoms with van der Waals surface area (Å²) in [6.07, 6.45) is 0. The van der Waals surface area contributed by atoms with Crippen molar-refractivity contribution in [2.45, 2.75) is 19.8 Å². The average molecular weight is 382 g/mol. The highest BCUT2D eigenvalue weighted by Gasteiger charge is 2.25. The highest BCUT2D eigenvalue weighted by molar-refractivity contribution is 7.22. The number of para-hydroxylation sites is 1. The molecule has 1 aliphatic heterocycles. The van der Waals surface area contributed by atoms with E-state index in [1.165, 1.54) is 4.70 Å². The number of piperazine rings is 1. The van der Waals surface area contributed by atoms with Crippen LogP contribution in [0.5, 0.6) is 0 Å². The number of fused-ring (bicyclic) bond motifs is 1. The number of nitrogens with zero attached hydrogens (tertiary/aromatic N) is 5. The summed E-state index contributed by atoms with van der Waals surface area (Å²) in [5.41, 5.74) is 7.98. The number of amides is 1. The summed E-state index contributed by atoms with van der Waals surface area (Å²) in [7, 11) is 0. The van der Waals surface area contributed by atoms with E-state index in [2.05, 4.69) is 20.9 Å². The number of nitrogen functional groups attached to an aromatic ring is 1. The number of thiazole rings is 1. The summed E-state index contributed by atoms with van der Waals surface area (Å²) >= 11 is 1.69. The third-order valence-corrected chi connectivity index (χ3v) is 5.79. The molecule has 140 valence electrons. The van der Waals surface area contributed by atoms with Gasteiger partial charge in [0.25, 0.3) is 5.91 Å². The molecule has 2 aromatic heterocycles. The summed E-state index contributed by atoms with van der Waals surface area (Å²) in [5.74, 6) is 0.255. The van der Waals surface area contributed by atoms with Gasteiger partial charge in [0.2, 0.25) is 5.95 Å². The van der Waals surface area contributed by atoms with Crippen molar-refractivity contribution in [3.63, 3.8) is 0 Å². The Kier molecular flexibility index (Phi) is 4.65. The first-order chi connectivity index (χ1) is 13.0. The SMILES string of the molecule is CC(C)c1cc(C(=O)N2CCN(c3nc4ccccc4s3)CC2)nc(N)n1. The molecule has 1 amide bonds. The van der Waals surface area contributed by atoms with Crippen molar-refractivity contribution in [1.82, 2.24) is 19.9 Å². The molecule has 8 heteroatoms. The van der Waals surface area contributed by atoms with Gasteiger partial charge in [0.05, 0.1) is 10.2 Å². The molecule has 0 radical (unpaired) electrons. The maximum absolute atomic E-state index is 12.9. The van der Waals surface area contributed by atoms with Crippen LogP contribution in [0.1, 0.15) is 35.9 Å². The second-order valence-corrected chi connectivity index (χ2v) is 7.94. The van der Waals surface area contributed by atoms with Crippen LogP contribution in [0, 0.1) is 0 Å². The van der Waals surface area contributed by atoms with E-state index in [0.717, 1.165) is 29.4 Å². The summed E-state index contributed by atoms with van der Waals surface area (Å²) in [6, 6.07) is 9.90. The lowest BCUT2D eigenvalue weighted by molar-refractivity contribution is 0.0740. The van der Waals surface area contributed by atoms with Gasteiger partial charge in [0.1, 0.15) is 5.69 Å². The van der Waals surface area contributed by atoms with Gasteiger partial charge >= 0.3 is 0 Å². The van der Waals surface area contributed by atoms with Gasteiger partial charge in [-0.15, -0.1) is 0 Å². The third kappa shape index (κ3) is 3.57. The average Bonchev–Trinajstić information content (AvgIpc) is 3.11. The number of carbonyl (C=O) groups excluding carboxylic acids is 1. The maximum atomic E-state index is 12.9. The van der Waals surface area contributed by atoms with Crippen molar-refractivity contribution in [1.29, 1.82) is 0 Å². The highest BCUT2D eigenvalue weighted by atomic mass is 32.1. The Morgan fingerprint density at radius 3 is 2.56 bits per heavy atom. The van der Waals surface area contributed by atoms with Gasteiger partial charge in [-0.25, -0.2) is 15.0 Å². The van der Waals surface area contributed by atoms with E-state index in [9.17, 15) is 4.79 Å². The first-order valence-electron chi connectivity index (χ1n) is 9.05. The van der Waals surface area contributed by atoms with E-state index in [0.29, 0.717) is 18.8 Å². The fraction of sp³-hybridized carbons (Fsp3) is 0.368. The van der Waals surface area contributed by atoms with Crippen LogP contribution in [-0.4, -0.2) is 51.9 Å². The second kappa shape index (κ2) is 7.11. The van der Waals surface area contributed by atoms with Crippen LogP contribution >= 0.6 is 11.3 Å². The monoisotopic (exact) mass is 382 g/mol. The zero-order valence-electron chi connectivity index (χ0n) is 15.4. The van der Waals surface area contributed by atoms with Gasteiger partial charge in [0.15, 0.2) is 5.13 Å². The molecule has 1 aromatic carbocycles. The standard InChI is InChI=1S/C19H22N6OS/c1-12(2)14-11-15(22-18(20)21-14)17(26)24-7-9-25(10-8-24)19-23-13-5-3-4-6-16(13)27-19/h3-6,11-12H,7-10H2,1-2H3,(H2,20,21,22). The number of aromatic nitrogens is 3. The Labute approximate surface area is 161 Å². The van der Waals surface area contributed by atoms with Gasteiger partial charge in [-0.05, 0) is 24.1 Å². The molecule has 0 spiro atoms. The molecule has 4 rings (SSSR count). The minimum absolute atomic E-state index is 0.0880. The number of anilines is 2. The quantitative estimate of drug-likeness (QED) is 0.749.